The van der Waals surface area contributed by atoms with Crippen LogP contribution in [0, 0.1) is 11.8 Å². The Balaban J connectivity index is 2.07. The Bertz CT molecular complexity index is 145. The van der Waals surface area contributed by atoms with Gasteiger partial charge in [-0.1, -0.05) is 39.5 Å². The first-order valence-corrected chi connectivity index (χ1v) is 6.99. The van der Waals surface area contributed by atoms with E-state index in [9.17, 15) is 0 Å². The van der Waals surface area contributed by atoms with Gasteiger partial charge < -0.3 is 5.32 Å². The van der Waals surface area contributed by atoms with E-state index in [2.05, 4.69) is 26.1 Å². The molecular weight excluding hydrogens is 182 g/mol. The maximum absolute atomic E-state index is 3.72. The molecule has 0 aliphatic heterocycles. The molecule has 0 saturated heterocycles. The molecule has 0 aromatic carbocycles. The van der Waals surface area contributed by atoms with Gasteiger partial charge in [-0.25, -0.2) is 0 Å². The first-order valence-electron chi connectivity index (χ1n) is 6.99. The van der Waals surface area contributed by atoms with E-state index in [0.717, 1.165) is 17.9 Å². The molecule has 0 aromatic rings. The zero-order chi connectivity index (χ0) is 11.1. The summed E-state index contributed by atoms with van der Waals surface area (Å²) < 4.78 is 0. The highest BCUT2D eigenvalue weighted by Gasteiger charge is 2.23. The molecule has 0 bridgehead atoms. The fraction of sp³-hybridized carbons (Fsp3) is 1.00. The lowest BCUT2D eigenvalue weighted by atomic mass is 9.98. The van der Waals surface area contributed by atoms with Crippen LogP contribution in [0.15, 0.2) is 0 Å². The molecule has 1 nitrogen and oxygen atoms in total. The van der Waals surface area contributed by atoms with E-state index < -0.39 is 0 Å². The van der Waals surface area contributed by atoms with Gasteiger partial charge in [-0.05, 0) is 44.6 Å². The zero-order valence-corrected chi connectivity index (χ0v) is 10.9. The minimum atomic E-state index is 0.744. The van der Waals surface area contributed by atoms with Crippen molar-refractivity contribution >= 4 is 0 Å². The van der Waals surface area contributed by atoms with Crippen LogP contribution in [0.2, 0.25) is 0 Å². The Hall–Kier alpha value is -0.0400. The highest BCUT2D eigenvalue weighted by atomic mass is 14.9. The molecule has 0 heterocycles. The molecule has 1 saturated carbocycles. The summed E-state index contributed by atoms with van der Waals surface area (Å²) >= 11 is 0. The third-order valence-electron chi connectivity index (χ3n) is 3.53. The Kier molecular flexibility index (Phi) is 6.31. The SMILES string of the molecule is CCCC(CCC)CNC(C)CC1CC1. The van der Waals surface area contributed by atoms with Crippen LogP contribution in [0.25, 0.3) is 0 Å². The van der Waals surface area contributed by atoms with E-state index in [1.54, 1.807) is 0 Å². The molecule has 1 heteroatoms. The van der Waals surface area contributed by atoms with Crippen LogP contribution in [-0.2, 0) is 0 Å². The van der Waals surface area contributed by atoms with Crippen molar-refractivity contribution < 1.29 is 0 Å². The predicted molar refractivity (Wildman–Crippen MR) is 68.1 cm³/mol. The van der Waals surface area contributed by atoms with E-state index in [-0.39, 0.29) is 0 Å². The summed E-state index contributed by atoms with van der Waals surface area (Å²) in [5.74, 6) is 1.98. The molecule has 0 spiro atoms. The summed E-state index contributed by atoms with van der Waals surface area (Å²) in [6.45, 7) is 8.20. The predicted octanol–water partition coefficient (Wildman–Crippen LogP) is 3.98. The average Bonchev–Trinajstić information content (AvgIpc) is 2.99. The molecule has 15 heavy (non-hydrogen) atoms. The topological polar surface area (TPSA) is 12.0 Å². The third-order valence-corrected chi connectivity index (χ3v) is 3.53. The van der Waals surface area contributed by atoms with Gasteiger partial charge in [0.05, 0.1) is 0 Å². The largest absolute Gasteiger partial charge is 0.314 e. The van der Waals surface area contributed by atoms with E-state index in [1.165, 1.54) is 51.5 Å². The molecule has 90 valence electrons. The molecule has 1 fully saturated rings. The summed E-state index contributed by atoms with van der Waals surface area (Å²) in [7, 11) is 0. The molecular formula is C14H29N. The smallest absolute Gasteiger partial charge is 0.00414 e. The van der Waals surface area contributed by atoms with Gasteiger partial charge in [0, 0.05) is 6.04 Å². The second-order valence-electron chi connectivity index (χ2n) is 5.43. The molecule has 0 aromatic heterocycles. The summed E-state index contributed by atoms with van der Waals surface area (Å²) in [6, 6.07) is 0.744. The number of hydrogen-bond acceptors (Lipinski definition) is 1. The van der Waals surface area contributed by atoms with E-state index in [1.807, 2.05) is 0 Å². The summed E-state index contributed by atoms with van der Waals surface area (Å²) in [6.07, 6.45) is 9.85. The van der Waals surface area contributed by atoms with Crippen molar-refractivity contribution in [2.24, 2.45) is 11.8 Å². The van der Waals surface area contributed by atoms with Crippen molar-refractivity contribution in [1.29, 1.82) is 0 Å². The third kappa shape index (κ3) is 6.19. The first kappa shape index (κ1) is 13.0. The van der Waals surface area contributed by atoms with Crippen LogP contribution in [0.1, 0.15) is 65.7 Å². The standard InChI is InChI=1S/C14H29N/c1-4-6-14(7-5-2)11-15-12(3)10-13-8-9-13/h12-15H,4-11H2,1-3H3. The van der Waals surface area contributed by atoms with Crippen molar-refractivity contribution in [2.75, 3.05) is 6.54 Å². The lowest BCUT2D eigenvalue weighted by Crippen LogP contribution is -2.31. The van der Waals surface area contributed by atoms with Crippen molar-refractivity contribution in [3.8, 4) is 0 Å². The minimum absolute atomic E-state index is 0.744. The fourth-order valence-corrected chi connectivity index (χ4v) is 2.47. The molecule has 1 atom stereocenters. The van der Waals surface area contributed by atoms with Gasteiger partial charge in [0.2, 0.25) is 0 Å². The molecule has 0 radical (unpaired) electrons. The second-order valence-corrected chi connectivity index (χ2v) is 5.43. The second kappa shape index (κ2) is 7.27. The van der Waals surface area contributed by atoms with Gasteiger partial charge in [-0.15, -0.1) is 0 Å². The normalized spacial score (nSPS) is 18.4. The maximum atomic E-state index is 3.72. The molecule has 0 amide bonds. The van der Waals surface area contributed by atoms with Crippen LogP contribution in [0.5, 0.6) is 0 Å². The van der Waals surface area contributed by atoms with Gasteiger partial charge >= 0.3 is 0 Å². The lowest BCUT2D eigenvalue weighted by molar-refractivity contribution is 0.375. The van der Waals surface area contributed by atoms with Crippen LogP contribution >= 0.6 is 0 Å². The summed E-state index contributed by atoms with van der Waals surface area (Å²) in [5, 5.41) is 3.72. The first-order chi connectivity index (χ1) is 7.26. The monoisotopic (exact) mass is 211 g/mol. The summed E-state index contributed by atoms with van der Waals surface area (Å²) in [4.78, 5) is 0. The lowest BCUT2D eigenvalue weighted by Gasteiger charge is -2.20. The van der Waals surface area contributed by atoms with E-state index in [4.69, 9.17) is 0 Å². The highest BCUT2D eigenvalue weighted by Crippen LogP contribution is 2.33. The van der Waals surface area contributed by atoms with Crippen molar-refractivity contribution in [3.05, 3.63) is 0 Å². The van der Waals surface area contributed by atoms with Crippen molar-refractivity contribution in [1.82, 2.24) is 5.32 Å². The van der Waals surface area contributed by atoms with Gasteiger partial charge in [0.15, 0.2) is 0 Å². The van der Waals surface area contributed by atoms with Gasteiger partial charge in [-0.2, -0.15) is 0 Å². The van der Waals surface area contributed by atoms with Crippen LogP contribution < -0.4 is 5.32 Å². The van der Waals surface area contributed by atoms with Crippen molar-refractivity contribution in [3.63, 3.8) is 0 Å². The minimum Gasteiger partial charge on any atom is -0.314 e. The van der Waals surface area contributed by atoms with Crippen molar-refractivity contribution in [2.45, 2.75) is 71.8 Å². The molecule has 1 aliphatic rings. The molecule has 1 unspecified atom stereocenters. The number of hydrogen-bond donors (Lipinski definition) is 1. The van der Waals surface area contributed by atoms with E-state index in [0.29, 0.717) is 0 Å². The van der Waals surface area contributed by atoms with Crippen LogP contribution in [0.4, 0.5) is 0 Å². The highest BCUT2D eigenvalue weighted by molar-refractivity contribution is 4.78. The Morgan fingerprint density at radius 2 is 1.73 bits per heavy atom. The molecule has 1 rings (SSSR count). The fourth-order valence-electron chi connectivity index (χ4n) is 2.47. The quantitative estimate of drug-likeness (QED) is 0.608. The van der Waals surface area contributed by atoms with Gasteiger partial charge in [-0.3, -0.25) is 0 Å². The van der Waals surface area contributed by atoms with Crippen LogP contribution in [-0.4, -0.2) is 12.6 Å². The Morgan fingerprint density at radius 1 is 1.13 bits per heavy atom. The Morgan fingerprint density at radius 3 is 2.20 bits per heavy atom. The van der Waals surface area contributed by atoms with E-state index >= 15 is 0 Å². The van der Waals surface area contributed by atoms with Gasteiger partial charge in [0.1, 0.15) is 0 Å². The number of rotatable bonds is 9. The summed E-state index contributed by atoms with van der Waals surface area (Å²) in [5.41, 5.74) is 0. The van der Waals surface area contributed by atoms with Gasteiger partial charge in [0.25, 0.3) is 0 Å². The average molecular weight is 211 g/mol. The number of nitrogens with one attached hydrogen (secondary N) is 1. The maximum Gasteiger partial charge on any atom is 0.00414 e. The Labute approximate surface area is 96.0 Å². The zero-order valence-electron chi connectivity index (χ0n) is 10.9. The molecule has 1 aliphatic carbocycles. The molecule has 1 N–H and O–H groups in total. The van der Waals surface area contributed by atoms with Crippen LogP contribution in [0.3, 0.4) is 0 Å².